The van der Waals surface area contributed by atoms with E-state index in [1.807, 2.05) is 17.8 Å². The Kier molecular flexibility index (Phi) is 3.95. The standard InChI is InChI=1S/C12H16ClNS/c1-15-12-3-2-10(13)8-11(12)9-4-6-14-7-5-9/h2-3,8-9,14H,4-7H2,1H3. The number of benzene rings is 1. The monoisotopic (exact) mass is 241 g/mol. The summed E-state index contributed by atoms with van der Waals surface area (Å²) < 4.78 is 0. The number of hydrogen-bond acceptors (Lipinski definition) is 2. The summed E-state index contributed by atoms with van der Waals surface area (Å²) in [4.78, 5) is 1.38. The van der Waals surface area contributed by atoms with Crippen LogP contribution in [0, 0.1) is 0 Å². The van der Waals surface area contributed by atoms with Crippen LogP contribution in [0.15, 0.2) is 23.1 Å². The minimum absolute atomic E-state index is 0.687. The molecule has 0 amide bonds. The third kappa shape index (κ3) is 2.68. The molecule has 0 atom stereocenters. The molecule has 1 aromatic carbocycles. The number of thioether (sulfide) groups is 1. The average molecular weight is 242 g/mol. The molecule has 1 aliphatic rings. The predicted octanol–water partition coefficient (Wildman–Crippen LogP) is 3.53. The third-order valence-electron chi connectivity index (χ3n) is 2.97. The number of nitrogens with one attached hydrogen (secondary N) is 1. The van der Waals surface area contributed by atoms with E-state index < -0.39 is 0 Å². The first-order valence-electron chi connectivity index (χ1n) is 5.35. The van der Waals surface area contributed by atoms with Crippen LogP contribution >= 0.6 is 23.4 Å². The first kappa shape index (κ1) is 11.3. The summed E-state index contributed by atoms with van der Waals surface area (Å²) in [5.41, 5.74) is 1.44. The van der Waals surface area contributed by atoms with Gasteiger partial charge in [-0.3, -0.25) is 0 Å². The van der Waals surface area contributed by atoms with Gasteiger partial charge in [0.15, 0.2) is 0 Å². The van der Waals surface area contributed by atoms with E-state index in [-0.39, 0.29) is 0 Å². The second kappa shape index (κ2) is 5.24. The molecule has 2 rings (SSSR count). The van der Waals surface area contributed by atoms with Gasteiger partial charge in [-0.05, 0) is 61.9 Å². The Balaban J connectivity index is 2.27. The Morgan fingerprint density at radius 2 is 2.07 bits per heavy atom. The van der Waals surface area contributed by atoms with Gasteiger partial charge in [-0.25, -0.2) is 0 Å². The highest BCUT2D eigenvalue weighted by Crippen LogP contribution is 2.34. The molecular formula is C12H16ClNS. The highest BCUT2D eigenvalue weighted by molar-refractivity contribution is 7.98. The summed E-state index contributed by atoms with van der Waals surface area (Å²) in [6.07, 6.45) is 4.59. The molecule has 1 aliphatic heterocycles. The molecule has 0 unspecified atom stereocenters. The molecule has 1 fully saturated rings. The fraction of sp³-hybridized carbons (Fsp3) is 0.500. The van der Waals surface area contributed by atoms with E-state index in [9.17, 15) is 0 Å². The third-order valence-corrected chi connectivity index (χ3v) is 4.02. The van der Waals surface area contributed by atoms with Gasteiger partial charge < -0.3 is 5.32 Å². The fourth-order valence-corrected chi connectivity index (χ4v) is 3.00. The van der Waals surface area contributed by atoms with Crippen LogP contribution in [0.25, 0.3) is 0 Å². The Morgan fingerprint density at radius 1 is 1.33 bits per heavy atom. The molecule has 1 heterocycles. The van der Waals surface area contributed by atoms with Crippen molar-refractivity contribution in [2.24, 2.45) is 0 Å². The molecule has 0 bridgehead atoms. The lowest BCUT2D eigenvalue weighted by Gasteiger charge is -2.24. The van der Waals surface area contributed by atoms with Crippen LogP contribution in [0.3, 0.4) is 0 Å². The molecule has 15 heavy (non-hydrogen) atoms. The lowest BCUT2D eigenvalue weighted by molar-refractivity contribution is 0.456. The maximum atomic E-state index is 6.07. The zero-order valence-electron chi connectivity index (χ0n) is 8.92. The Bertz CT molecular complexity index is 334. The minimum Gasteiger partial charge on any atom is -0.317 e. The van der Waals surface area contributed by atoms with Crippen molar-refractivity contribution in [3.63, 3.8) is 0 Å². The van der Waals surface area contributed by atoms with Crippen molar-refractivity contribution in [2.75, 3.05) is 19.3 Å². The van der Waals surface area contributed by atoms with Gasteiger partial charge in [0.05, 0.1) is 0 Å². The highest BCUT2D eigenvalue weighted by atomic mass is 35.5. The van der Waals surface area contributed by atoms with E-state index in [4.69, 9.17) is 11.6 Å². The average Bonchev–Trinajstić information content (AvgIpc) is 2.30. The van der Waals surface area contributed by atoms with Crippen molar-refractivity contribution in [1.82, 2.24) is 5.32 Å². The topological polar surface area (TPSA) is 12.0 Å². The molecule has 0 aromatic heterocycles. The zero-order chi connectivity index (χ0) is 10.7. The van der Waals surface area contributed by atoms with Gasteiger partial charge >= 0.3 is 0 Å². The molecular weight excluding hydrogens is 226 g/mol. The summed E-state index contributed by atoms with van der Waals surface area (Å²) in [6.45, 7) is 2.26. The van der Waals surface area contributed by atoms with E-state index in [2.05, 4.69) is 23.7 Å². The van der Waals surface area contributed by atoms with Crippen molar-refractivity contribution < 1.29 is 0 Å². The van der Waals surface area contributed by atoms with Crippen molar-refractivity contribution in [2.45, 2.75) is 23.7 Å². The molecule has 1 nitrogen and oxygen atoms in total. The lowest BCUT2D eigenvalue weighted by Crippen LogP contribution is -2.26. The van der Waals surface area contributed by atoms with Crippen LogP contribution in [0.5, 0.6) is 0 Å². The number of piperidine rings is 1. The molecule has 0 spiro atoms. The number of rotatable bonds is 2. The van der Waals surface area contributed by atoms with Crippen LogP contribution < -0.4 is 5.32 Å². The van der Waals surface area contributed by atoms with Gasteiger partial charge in [-0.15, -0.1) is 11.8 Å². The SMILES string of the molecule is CSc1ccc(Cl)cc1C1CCNCC1. The van der Waals surface area contributed by atoms with Crippen molar-refractivity contribution in [3.8, 4) is 0 Å². The van der Waals surface area contributed by atoms with E-state index in [0.29, 0.717) is 5.92 Å². The minimum atomic E-state index is 0.687. The molecule has 3 heteroatoms. The van der Waals surface area contributed by atoms with E-state index >= 15 is 0 Å². The Labute approximate surface area is 101 Å². The molecule has 0 aliphatic carbocycles. The Hall–Kier alpha value is -0.180. The summed E-state index contributed by atoms with van der Waals surface area (Å²) in [5, 5.41) is 4.26. The second-order valence-electron chi connectivity index (χ2n) is 3.91. The first-order chi connectivity index (χ1) is 7.31. The maximum absolute atomic E-state index is 6.07. The summed E-state index contributed by atoms with van der Waals surface area (Å²) in [7, 11) is 0. The van der Waals surface area contributed by atoms with Crippen LogP contribution in [0.1, 0.15) is 24.3 Å². The first-order valence-corrected chi connectivity index (χ1v) is 6.95. The van der Waals surface area contributed by atoms with E-state index in [0.717, 1.165) is 18.1 Å². The molecule has 0 saturated carbocycles. The van der Waals surface area contributed by atoms with Crippen LogP contribution in [-0.2, 0) is 0 Å². The number of halogens is 1. The summed E-state index contributed by atoms with van der Waals surface area (Å²) in [6, 6.07) is 6.27. The van der Waals surface area contributed by atoms with Gasteiger partial charge in [0, 0.05) is 9.92 Å². The summed E-state index contributed by atoms with van der Waals surface area (Å²) >= 11 is 7.89. The predicted molar refractivity (Wildman–Crippen MR) is 68.1 cm³/mol. The fourth-order valence-electron chi connectivity index (χ4n) is 2.16. The van der Waals surface area contributed by atoms with Crippen molar-refractivity contribution in [1.29, 1.82) is 0 Å². The van der Waals surface area contributed by atoms with E-state index in [1.54, 1.807) is 0 Å². The zero-order valence-corrected chi connectivity index (χ0v) is 10.5. The van der Waals surface area contributed by atoms with Gasteiger partial charge in [0.1, 0.15) is 0 Å². The smallest absolute Gasteiger partial charge is 0.0409 e. The molecule has 82 valence electrons. The molecule has 0 radical (unpaired) electrons. The van der Waals surface area contributed by atoms with E-state index in [1.165, 1.54) is 23.3 Å². The van der Waals surface area contributed by atoms with Crippen molar-refractivity contribution in [3.05, 3.63) is 28.8 Å². The van der Waals surface area contributed by atoms with Gasteiger partial charge in [0.25, 0.3) is 0 Å². The number of hydrogen-bond donors (Lipinski definition) is 1. The van der Waals surface area contributed by atoms with Gasteiger partial charge in [-0.1, -0.05) is 11.6 Å². The Morgan fingerprint density at radius 3 is 2.73 bits per heavy atom. The maximum Gasteiger partial charge on any atom is 0.0409 e. The van der Waals surface area contributed by atoms with Crippen molar-refractivity contribution >= 4 is 23.4 Å². The van der Waals surface area contributed by atoms with Crippen LogP contribution in [0.2, 0.25) is 5.02 Å². The molecule has 1 N–H and O–H groups in total. The quantitative estimate of drug-likeness (QED) is 0.796. The highest BCUT2D eigenvalue weighted by Gasteiger charge is 2.18. The van der Waals surface area contributed by atoms with Gasteiger partial charge in [0.2, 0.25) is 0 Å². The lowest BCUT2D eigenvalue weighted by atomic mass is 9.90. The molecule has 1 saturated heterocycles. The van der Waals surface area contributed by atoms with Crippen LogP contribution in [-0.4, -0.2) is 19.3 Å². The summed E-state index contributed by atoms with van der Waals surface area (Å²) in [5.74, 6) is 0.687. The largest absolute Gasteiger partial charge is 0.317 e. The normalized spacial score (nSPS) is 18.0. The molecule has 1 aromatic rings. The second-order valence-corrected chi connectivity index (χ2v) is 5.20. The van der Waals surface area contributed by atoms with Gasteiger partial charge in [-0.2, -0.15) is 0 Å². The van der Waals surface area contributed by atoms with Crippen LogP contribution in [0.4, 0.5) is 0 Å².